The van der Waals surface area contributed by atoms with E-state index in [1.807, 2.05) is 44.2 Å². The van der Waals surface area contributed by atoms with E-state index in [1.54, 1.807) is 18.2 Å². The van der Waals surface area contributed by atoms with Crippen molar-refractivity contribution in [1.29, 1.82) is 0 Å². The molecule has 0 radical (unpaired) electrons. The molecule has 0 saturated carbocycles. The van der Waals surface area contributed by atoms with Gasteiger partial charge < -0.3 is 10.1 Å². The Morgan fingerprint density at radius 2 is 1.76 bits per heavy atom. The maximum Gasteiger partial charge on any atom is 0.282 e. The van der Waals surface area contributed by atoms with Crippen molar-refractivity contribution in [2.24, 2.45) is 0 Å². The standard InChI is InChI=1S/C21H27N3O4S/c1-3-28-20-8-5-4-7-19(20)22-21(25)16-24-14-6-13-23(29(24,26)27)15-18-11-9-17(2)10-12-18/h4-5,7-12H,3,6,13-16H2,1-2H3,(H,22,25). The summed E-state index contributed by atoms with van der Waals surface area (Å²) in [6.07, 6.45) is 0.675. The second-order valence-electron chi connectivity index (χ2n) is 6.99. The number of para-hydroxylation sites is 2. The summed E-state index contributed by atoms with van der Waals surface area (Å²) < 4.78 is 34.2. The zero-order chi connectivity index (χ0) is 20.9. The van der Waals surface area contributed by atoms with Crippen LogP contribution in [0, 0.1) is 6.92 Å². The molecule has 1 fully saturated rings. The number of hydrogen-bond donors (Lipinski definition) is 1. The average molecular weight is 418 g/mol. The zero-order valence-corrected chi connectivity index (χ0v) is 17.6. The third kappa shape index (κ3) is 5.35. The van der Waals surface area contributed by atoms with Gasteiger partial charge in [0.1, 0.15) is 5.75 Å². The molecule has 1 heterocycles. The molecule has 29 heavy (non-hydrogen) atoms. The summed E-state index contributed by atoms with van der Waals surface area (Å²) in [5, 5.41) is 2.76. The minimum absolute atomic E-state index is 0.229. The molecule has 1 N–H and O–H groups in total. The van der Waals surface area contributed by atoms with E-state index >= 15 is 0 Å². The molecule has 0 unspecified atom stereocenters. The maximum absolute atomic E-state index is 13.0. The Labute approximate surface area is 172 Å². The summed E-state index contributed by atoms with van der Waals surface area (Å²) in [6.45, 7) is 5.17. The van der Waals surface area contributed by atoms with Crippen molar-refractivity contribution in [3.63, 3.8) is 0 Å². The number of carbonyl (C=O) groups excluding carboxylic acids is 1. The number of amides is 1. The summed E-state index contributed by atoms with van der Waals surface area (Å²) in [5.74, 6) is 0.170. The number of hydrogen-bond acceptors (Lipinski definition) is 4. The maximum atomic E-state index is 13.0. The second kappa shape index (κ2) is 9.39. The number of nitrogens with zero attached hydrogens (tertiary/aromatic N) is 2. The highest BCUT2D eigenvalue weighted by atomic mass is 32.2. The van der Waals surface area contributed by atoms with E-state index in [-0.39, 0.29) is 6.54 Å². The Morgan fingerprint density at radius 3 is 2.48 bits per heavy atom. The predicted molar refractivity (Wildman–Crippen MR) is 113 cm³/mol. The van der Waals surface area contributed by atoms with Crippen molar-refractivity contribution in [2.75, 3.05) is 31.6 Å². The number of benzene rings is 2. The minimum Gasteiger partial charge on any atom is -0.492 e. The Kier molecular flexibility index (Phi) is 6.89. The molecular weight excluding hydrogens is 390 g/mol. The number of anilines is 1. The molecule has 1 aliphatic heterocycles. The Bertz CT molecular complexity index is 945. The molecular formula is C21H27N3O4S. The van der Waals surface area contributed by atoms with Crippen molar-refractivity contribution in [3.05, 3.63) is 59.7 Å². The fraction of sp³-hybridized carbons (Fsp3) is 0.381. The van der Waals surface area contributed by atoms with Crippen LogP contribution in [-0.4, -0.2) is 49.2 Å². The van der Waals surface area contributed by atoms with Gasteiger partial charge in [0.05, 0.1) is 18.8 Å². The van der Waals surface area contributed by atoms with Crippen LogP contribution in [0.4, 0.5) is 5.69 Å². The third-order valence-electron chi connectivity index (χ3n) is 4.73. The fourth-order valence-electron chi connectivity index (χ4n) is 3.24. The topological polar surface area (TPSA) is 79.0 Å². The van der Waals surface area contributed by atoms with Gasteiger partial charge in [0.15, 0.2) is 0 Å². The van der Waals surface area contributed by atoms with Gasteiger partial charge in [-0.3, -0.25) is 4.79 Å². The van der Waals surface area contributed by atoms with Crippen LogP contribution in [-0.2, 0) is 21.5 Å². The van der Waals surface area contributed by atoms with E-state index in [4.69, 9.17) is 4.74 Å². The molecule has 2 aromatic carbocycles. The molecule has 1 saturated heterocycles. The SMILES string of the molecule is CCOc1ccccc1NC(=O)CN1CCCN(Cc2ccc(C)cc2)S1(=O)=O. The van der Waals surface area contributed by atoms with Crippen molar-refractivity contribution >= 4 is 21.8 Å². The summed E-state index contributed by atoms with van der Waals surface area (Å²) in [4.78, 5) is 12.5. The van der Waals surface area contributed by atoms with Crippen LogP contribution in [0.1, 0.15) is 24.5 Å². The van der Waals surface area contributed by atoms with Gasteiger partial charge >= 0.3 is 0 Å². The number of aryl methyl sites for hydroxylation is 1. The van der Waals surface area contributed by atoms with Gasteiger partial charge in [-0.25, -0.2) is 0 Å². The number of rotatable bonds is 7. The normalized spacial score (nSPS) is 17.0. The highest BCUT2D eigenvalue weighted by Gasteiger charge is 2.34. The van der Waals surface area contributed by atoms with Crippen LogP contribution in [0.15, 0.2) is 48.5 Å². The first-order valence-electron chi connectivity index (χ1n) is 9.72. The van der Waals surface area contributed by atoms with Gasteiger partial charge in [0, 0.05) is 19.6 Å². The van der Waals surface area contributed by atoms with Crippen LogP contribution in [0.25, 0.3) is 0 Å². The van der Waals surface area contributed by atoms with Crippen molar-refractivity contribution in [3.8, 4) is 5.75 Å². The second-order valence-corrected chi connectivity index (χ2v) is 8.92. The van der Waals surface area contributed by atoms with E-state index in [1.165, 1.54) is 8.61 Å². The van der Waals surface area contributed by atoms with Crippen LogP contribution in [0.2, 0.25) is 0 Å². The lowest BCUT2D eigenvalue weighted by molar-refractivity contribution is -0.116. The monoisotopic (exact) mass is 417 g/mol. The van der Waals surface area contributed by atoms with E-state index in [9.17, 15) is 13.2 Å². The molecule has 8 heteroatoms. The van der Waals surface area contributed by atoms with Gasteiger partial charge in [0.25, 0.3) is 10.2 Å². The van der Waals surface area contributed by atoms with E-state index < -0.39 is 16.1 Å². The van der Waals surface area contributed by atoms with Gasteiger partial charge in [-0.1, -0.05) is 42.0 Å². The Balaban J connectivity index is 1.67. The Hall–Kier alpha value is -2.42. The quantitative estimate of drug-likeness (QED) is 0.751. The first-order chi connectivity index (χ1) is 13.9. The third-order valence-corrected chi connectivity index (χ3v) is 6.66. The summed E-state index contributed by atoms with van der Waals surface area (Å²) in [6, 6.07) is 14.9. The first-order valence-corrected chi connectivity index (χ1v) is 11.1. The molecule has 0 bridgehead atoms. The van der Waals surface area contributed by atoms with E-state index in [2.05, 4.69) is 5.32 Å². The smallest absolute Gasteiger partial charge is 0.282 e. The molecule has 0 atom stereocenters. The molecule has 0 aromatic heterocycles. The number of nitrogens with one attached hydrogen (secondary N) is 1. The van der Waals surface area contributed by atoms with Crippen LogP contribution >= 0.6 is 0 Å². The van der Waals surface area contributed by atoms with Gasteiger partial charge in [0.2, 0.25) is 5.91 Å². The fourth-order valence-corrected chi connectivity index (χ4v) is 4.88. The Morgan fingerprint density at radius 1 is 1.07 bits per heavy atom. The summed E-state index contributed by atoms with van der Waals surface area (Å²) in [7, 11) is -3.71. The van der Waals surface area contributed by atoms with Gasteiger partial charge in [-0.15, -0.1) is 0 Å². The molecule has 1 amide bonds. The lowest BCUT2D eigenvalue weighted by Crippen LogP contribution is -2.51. The van der Waals surface area contributed by atoms with Gasteiger partial charge in [-0.2, -0.15) is 17.0 Å². The molecule has 1 aliphatic rings. The van der Waals surface area contributed by atoms with Crippen LogP contribution < -0.4 is 10.1 Å². The molecule has 7 nitrogen and oxygen atoms in total. The first kappa shape index (κ1) is 21.3. The summed E-state index contributed by atoms with van der Waals surface area (Å²) in [5.41, 5.74) is 2.59. The zero-order valence-electron chi connectivity index (χ0n) is 16.8. The minimum atomic E-state index is -3.71. The van der Waals surface area contributed by atoms with Crippen molar-refractivity contribution in [2.45, 2.75) is 26.8 Å². The molecule has 2 aromatic rings. The number of ether oxygens (including phenoxy) is 1. The average Bonchev–Trinajstić information content (AvgIpc) is 2.68. The van der Waals surface area contributed by atoms with E-state index in [0.29, 0.717) is 44.1 Å². The predicted octanol–water partition coefficient (Wildman–Crippen LogP) is 2.78. The van der Waals surface area contributed by atoms with Crippen molar-refractivity contribution in [1.82, 2.24) is 8.61 Å². The lowest BCUT2D eigenvalue weighted by atomic mass is 10.1. The molecule has 3 rings (SSSR count). The van der Waals surface area contributed by atoms with E-state index in [0.717, 1.165) is 11.1 Å². The highest BCUT2D eigenvalue weighted by Crippen LogP contribution is 2.24. The molecule has 156 valence electrons. The molecule has 0 aliphatic carbocycles. The van der Waals surface area contributed by atoms with Crippen LogP contribution in [0.3, 0.4) is 0 Å². The van der Waals surface area contributed by atoms with Crippen LogP contribution in [0.5, 0.6) is 5.75 Å². The van der Waals surface area contributed by atoms with Gasteiger partial charge in [-0.05, 0) is 38.0 Å². The molecule has 0 spiro atoms. The lowest BCUT2D eigenvalue weighted by Gasteiger charge is -2.34. The highest BCUT2D eigenvalue weighted by molar-refractivity contribution is 7.86. The van der Waals surface area contributed by atoms with Crippen molar-refractivity contribution < 1.29 is 17.9 Å². The largest absolute Gasteiger partial charge is 0.492 e. The summed E-state index contributed by atoms with van der Waals surface area (Å²) >= 11 is 0. The number of carbonyl (C=O) groups is 1.